The van der Waals surface area contributed by atoms with Gasteiger partial charge in [0, 0.05) is 18.7 Å². The molecular weight excluding hydrogens is 152 g/mol. The third kappa shape index (κ3) is 4.91. The number of likely N-dealkylation sites (N-methyl/N-ethyl adjacent to an activating group) is 1. The Bertz CT molecular complexity index is 155. The van der Waals surface area contributed by atoms with Gasteiger partial charge in [0.05, 0.1) is 0 Å². The Kier molecular flexibility index (Phi) is 6.38. The lowest BCUT2D eigenvalue weighted by Gasteiger charge is -2.05. The highest BCUT2D eigenvalue weighted by Gasteiger charge is 2.02. The molecule has 70 valence electrons. The first kappa shape index (κ1) is 11.2. The van der Waals surface area contributed by atoms with Gasteiger partial charge in [-0.15, -0.1) is 0 Å². The zero-order valence-corrected chi connectivity index (χ0v) is 7.94. The average Bonchev–Trinajstić information content (AvgIpc) is 2.05. The van der Waals surface area contributed by atoms with Crippen LogP contribution in [-0.2, 0) is 4.79 Å². The van der Waals surface area contributed by atoms with E-state index in [2.05, 4.69) is 24.1 Å². The Balaban J connectivity index is 3.50. The second kappa shape index (κ2) is 6.85. The molecule has 0 heterocycles. The number of carbonyl (C=O) groups excluding carboxylic acids is 1. The van der Waals surface area contributed by atoms with Crippen LogP contribution in [0.3, 0.4) is 0 Å². The Morgan fingerprint density at radius 3 is 2.58 bits per heavy atom. The summed E-state index contributed by atoms with van der Waals surface area (Å²) in [6.45, 7) is 9.82. The van der Waals surface area contributed by atoms with Gasteiger partial charge in [0.2, 0.25) is 5.91 Å². The molecule has 0 radical (unpaired) electrons. The molecule has 0 aliphatic carbocycles. The summed E-state index contributed by atoms with van der Waals surface area (Å²) in [5, 5.41) is 5.81. The summed E-state index contributed by atoms with van der Waals surface area (Å²) in [6, 6.07) is 0. The standard InChI is InChI=1S/C9H18N2O/c1-4-6-10-7-8(3)9(12)11-5-2/h10H,3-7H2,1-2H3,(H,11,12). The van der Waals surface area contributed by atoms with E-state index in [9.17, 15) is 4.79 Å². The lowest BCUT2D eigenvalue weighted by atomic mass is 10.3. The van der Waals surface area contributed by atoms with Gasteiger partial charge in [0.1, 0.15) is 0 Å². The number of rotatable bonds is 6. The molecule has 0 aromatic rings. The van der Waals surface area contributed by atoms with Crippen molar-refractivity contribution in [3.05, 3.63) is 12.2 Å². The summed E-state index contributed by atoms with van der Waals surface area (Å²) in [4.78, 5) is 11.1. The molecule has 0 unspecified atom stereocenters. The normalized spacial score (nSPS) is 9.50. The van der Waals surface area contributed by atoms with Crippen molar-refractivity contribution in [3.8, 4) is 0 Å². The van der Waals surface area contributed by atoms with E-state index < -0.39 is 0 Å². The molecule has 3 heteroatoms. The summed E-state index contributed by atoms with van der Waals surface area (Å²) in [5.74, 6) is -0.0545. The number of hydrogen-bond acceptors (Lipinski definition) is 2. The van der Waals surface area contributed by atoms with E-state index in [4.69, 9.17) is 0 Å². The zero-order valence-electron chi connectivity index (χ0n) is 7.94. The van der Waals surface area contributed by atoms with Crippen molar-refractivity contribution in [2.75, 3.05) is 19.6 Å². The maximum atomic E-state index is 11.1. The molecule has 0 aromatic carbocycles. The number of hydrogen-bond donors (Lipinski definition) is 2. The maximum absolute atomic E-state index is 11.1. The fourth-order valence-corrected chi connectivity index (χ4v) is 0.782. The molecule has 0 aliphatic heterocycles. The van der Waals surface area contributed by atoms with Crippen LogP contribution < -0.4 is 10.6 Å². The van der Waals surface area contributed by atoms with Gasteiger partial charge < -0.3 is 10.6 Å². The average molecular weight is 170 g/mol. The molecule has 0 spiro atoms. The first-order valence-electron chi connectivity index (χ1n) is 4.39. The predicted molar refractivity (Wildman–Crippen MR) is 51.0 cm³/mol. The van der Waals surface area contributed by atoms with E-state index in [0.29, 0.717) is 18.7 Å². The van der Waals surface area contributed by atoms with Crippen LogP contribution in [0.25, 0.3) is 0 Å². The lowest BCUT2D eigenvalue weighted by molar-refractivity contribution is -0.117. The third-order valence-corrected chi connectivity index (χ3v) is 1.42. The molecule has 1 amide bonds. The zero-order chi connectivity index (χ0) is 9.40. The molecule has 0 saturated carbocycles. The van der Waals surface area contributed by atoms with Crippen molar-refractivity contribution < 1.29 is 4.79 Å². The fraction of sp³-hybridized carbons (Fsp3) is 0.667. The Labute approximate surface area is 74.2 Å². The van der Waals surface area contributed by atoms with E-state index >= 15 is 0 Å². The van der Waals surface area contributed by atoms with Gasteiger partial charge in [-0.3, -0.25) is 4.79 Å². The van der Waals surface area contributed by atoms with Gasteiger partial charge in [0.15, 0.2) is 0 Å². The molecule has 0 fully saturated rings. The fourth-order valence-electron chi connectivity index (χ4n) is 0.782. The van der Waals surface area contributed by atoms with Crippen molar-refractivity contribution in [2.45, 2.75) is 20.3 Å². The number of carbonyl (C=O) groups is 1. The summed E-state index contributed by atoms with van der Waals surface area (Å²) < 4.78 is 0. The van der Waals surface area contributed by atoms with Crippen molar-refractivity contribution in [3.63, 3.8) is 0 Å². The molecule has 0 aromatic heterocycles. The van der Waals surface area contributed by atoms with Crippen molar-refractivity contribution in [1.29, 1.82) is 0 Å². The molecule has 0 aliphatic rings. The molecule has 0 rings (SSSR count). The topological polar surface area (TPSA) is 41.1 Å². The van der Waals surface area contributed by atoms with E-state index in [1.807, 2.05) is 6.92 Å². The highest BCUT2D eigenvalue weighted by Crippen LogP contribution is 1.86. The molecule has 2 N–H and O–H groups in total. The van der Waals surface area contributed by atoms with Crippen LogP contribution in [-0.4, -0.2) is 25.5 Å². The van der Waals surface area contributed by atoms with Crippen molar-refractivity contribution in [2.24, 2.45) is 0 Å². The van der Waals surface area contributed by atoms with Gasteiger partial charge in [-0.1, -0.05) is 13.5 Å². The minimum absolute atomic E-state index is 0.0545. The lowest BCUT2D eigenvalue weighted by Crippen LogP contribution is -2.29. The second-order valence-corrected chi connectivity index (χ2v) is 2.64. The summed E-state index contributed by atoms with van der Waals surface area (Å²) in [6.07, 6.45) is 1.07. The minimum Gasteiger partial charge on any atom is -0.353 e. The van der Waals surface area contributed by atoms with Gasteiger partial charge in [-0.05, 0) is 19.9 Å². The van der Waals surface area contributed by atoms with Gasteiger partial charge in [-0.25, -0.2) is 0 Å². The SMILES string of the molecule is C=C(CNCCC)C(=O)NCC. The van der Waals surface area contributed by atoms with E-state index in [0.717, 1.165) is 13.0 Å². The Hall–Kier alpha value is -0.830. The monoisotopic (exact) mass is 170 g/mol. The van der Waals surface area contributed by atoms with Crippen LogP contribution >= 0.6 is 0 Å². The van der Waals surface area contributed by atoms with Crippen LogP contribution in [0.4, 0.5) is 0 Å². The number of nitrogens with one attached hydrogen (secondary N) is 2. The highest BCUT2D eigenvalue weighted by atomic mass is 16.1. The van der Waals surface area contributed by atoms with Crippen molar-refractivity contribution in [1.82, 2.24) is 10.6 Å². The summed E-state index contributed by atoms with van der Waals surface area (Å²) in [7, 11) is 0. The first-order chi connectivity index (χ1) is 5.72. The smallest absolute Gasteiger partial charge is 0.247 e. The molecule has 12 heavy (non-hydrogen) atoms. The second-order valence-electron chi connectivity index (χ2n) is 2.64. The van der Waals surface area contributed by atoms with Crippen molar-refractivity contribution >= 4 is 5.91 Å². The van der Waals surface area contributed by atoms with Crippen LogP contribution in [0.1, 0.15) is 20.3 Å². The van der Waals surface area contributed by atoms with E-state index in [1.54, 1.807) is 0 Å². The molecule has 0 bridgehead atoms. The Morgan fingerprint density at radius 2 is 2.08 bits per heavy atom. The third-order valence-electron chi connectivity index (χ3n) is 1.42. The quantitative estimate of drug-likeness (QED) is 0.454. The van der Waals surface area contributed by atoms with Gasteiger partial charge in [-0.2, -0.15) is 0 Å². The summed E-state index contributed by atoms with van der Waals surface area (Å²) in [5.41, 5.74) is 0.602. The largest absolute Gasteiger partial charge is 0.353 e. The van der Waals surface area contributed by atoms with Crippen LogP contribution in [0, 0.1) is 0 Å². The molecule has 3 nitrogen and oxygen atoms in total. The molecule has 0 saturated heterocycles. The van der Waals surface area contributed by atoms with Crippen LogP contribution in [0.5, 0.6) is 0 Å². The molecule has 0 atom stereocenters. The minimum atomic E-state index is -0.0545. The van der Waals surface area contributed by atoms with Crippen LogP contribution in [0.15, 0.2) is 12.2 Å². The predicted octanol–water partition coefficient (Wildman–Crippen LogP) is 0.678. The van der Waals surface area contributed by atoms with E-state index in [-0.39, 0.29) is 5.91 Å². The van der Waals surface area contributed by atoms with Gasteiger partial charge >= 0.3 is 0 Å². The maximum Gasteiger partial charge on any atom is 0.247 e. The molecular formula is C9H18N2O. The number of amides is 1. The van der Waals surface area contributed by atoms with Gasteiger partial charge in [0.25, 0.3) is 0 Å². The highest BCUT2D eigenvalue weighted by molar-refractivity contribution is 5.93. The first-order valence-corrected chi connectivity index (χ1v) is 4.39. The summed E-state index contributed by atoms with van der Waals surface area (Å²) >= 11 is 0. The van der Waals surface area contributed by atoms with Crippen LogP contribution in [0.2, 0.25) is 0 Å². The Morgan fingerprint density at radius 1 is 1.42 bits per heavy atom. The van der Waals surface area contributed by atoms with E-state index in [1.165, 1.54) is 0 Å².